The number of hydrogen-bond donors (Lipinski definition) is 2. The Balaban J connectivity index is 2.77. The summed E-state index contributed by atoms with van der Waals surface area (Å²) in [5.74, 6) is -1.01. The number of carboxylic acids is 1. The lowest BCUT2D eigenvalue weighted by Crippen LogP contribution is -2.51. The molecule has 1 saturated heterocycles. The van der Waals surface area contributed by atoms with E-state index in [9.17, 15) is 14.7 Å². The molecule has 6 nitrogen and oxygen atoms in total. The summed E-state index contributed by atoms with van der Waals surface area (Å²) in [6.07, 6.45) is 2.35. The molecule has 0 aromatic rings. The average Bonchev–Trinajstić information content (AvgIpc) is 2.82. The van der Waals surface area contributed by atoms with E-state index < -0.39 is 5.97 Å². The van der Waals surface area contributed by atoms with Crippen molar-refractivity contribution in [1.82, 2.24) is 9.80 Å². The van der Waals surface area contributed by atoms with E-state index in [0.717, 1.165) is 12.8 Å². The molecule has 0 saturated carbocycles. The topological polar surface area (TPSA) is 81.1 Å². The van der Waals surface area contributed by atoms with Gasteiger partial charge in [0, 0.05) is 12.6 Å². The zero-order chi connectivity index (χ0) is 13.7. The molecular formula is C12H22N2O4. The Hall–Kier alpha value is -1.30. The normalized spacial score (nSPS) is 20.8. The molecule has 0 aromatic carbocycles. The SMILES string of the molecule is CCC(C)N(CC(=O)O)C(=O)N1CCCC1CO. The Kier molecular flexibility index (Phi) is 5.40. The smallest absolute Gasteiger partial charge is 0.323 e. The second-order valence-electron chi connectivity index (χ2n) is 4.73. The van der Waals surface area contributed by atoms with Crippen LogP contribution in [0.15, 0.2) is 0 Å². The second-order valence-corrected chi connectivity index (χ2v) is 4.73. The molecule has 2 N–H and O–H groups in total. The van der Waals surface area contributed by atoms with Gasteiger partial charge in [0.05, 0.1) is 12.6 Å². The number of aliphatic hydroxyl groups is 1. The number of carbonyl (C=O) groups excluding carboxylic acids is 1. The Bertz CT molecular complexity index is 308. The summed E-state index contributed by atoms with van der Waals surface area (Å²) >= 11 is 0. The Morgan fingerprint density at radius 2 is 2.17 bits per heavy atom. The molecule has 18 heavy (non-hydrogen) atoms. The van der Waals surface area contributed by atoms with Crippen LogP contribution in [0.2, 0.25) is 0 Å². The minimum atomic E-state index is -1.01. The highest BCUT2D eigenvalue weighted by Gasteiger charge is 2.33. The molecular weight excluding hydrogens is 236 g/mol. The van der Waals surface area contributed by atoms with Crippen LogP contribution in [0.5, 0.6) is 0 Å². The van der Waals surface area contributed by atoms with Gasteiger partial charge in [-0.15, -0.1) is 0 Å². The predicted octanol–water partition coefficient (Wildman–Crippen LogP) is 0.748. The van der Waals surface area contributed by atoms with Gasteiger partial charge in [-0.1, -0.05) is 6.92 Å². The van der Waals surface area contributed by atoms with Crippen molar-refractivity contribution in [2.45, 2.75) is 45.2 Å². The van der Waals surface area contributed by atoms with Crippen LogP contribution in [0.3, 0.4) is 0 Å². The number of carboxylic acid groups (broad SMARTS) is 1. The van der Waals surface area contributed by atoms with Crippen LogP contribution in [0.25, 0.3) is 0 Å². The number of nitrogens with zero attached hydrogens (tertiary/aromatic N) is 2. The summed E-state index contributed by atoms with van der Waals surface area (Å²) < 4.78 is 0. The lowest BCUT2D eigenvalue weighted by Gasteiger charge is -2.33. The summed E-state index contributed by atoms with van der Waals surface area (Å²) in [4.78, 5) is 26.1. The van der Waals surface area contributed by atoms with E-state index in [2.05, 4.69) is 0 Å². The van der Waals surface area contributed by atoms with E-state index in [-0.39, 0.29) is 31.3 Å². The first-order valence-electron chi connectivity index (χ1n) is 6.41. The molecule has 1 rings (SSSR count). The fraction of sp³-hybridized carbons (Fsp3) is 0.833. The Labute approximate surface area is 107 Å². The van der Waals surface area contributed by atoms with Crippen LogP contribution in [0, 0.1) is 0 Å². The minimum absolute atomic E-state index is 0.0623. The molecule has 0 radical (unpaired) electrons. The Morgan fingerprint density at radius 3 is 2.67 bits per heavy atom. The molecule has 0 aromatic heterocycles. The molecule has 1 aliphatic rings. The van der Waals surface area contributed by atoms with Crippen molar-refractivity contribution in [3.8, 4) is 0 Å². The van der Waals surface area contributed by atoms with Gasteiger partial charge in [0.15, 0.2) is 0 Å². The van der Waals surface area contributed by atoms with Gasteiger partial charge < -0.3 is 20.0 Å². The number of aliphatic hydroxyl groups excluding tert-OH is 1. The van der Waals surface area contributed by atoms with Gasteiger partial charge in [-0.25, -0.2) is 4.79 Å². The number of carbonyl (C=O) groups is 2. The third-order valence-corrected chi connectivity index (χ3v) is 3.51. The summed E-state index contributed by atoms with van der Waals surface area (Å²) in [6, 6.07) is -0.560. The molecule has 0 aliphatic carbocycles. The molecule has 2 amide bonds. The standard InChI is InChI=1S/C12H22N2O4/c1-3-9(2)14(7-11(16)17)12(18)13-6-4-5-10(13)8-15/h9-10,15H,3-8H2,1-2H3,(H,16,17). The number of hydrogen-bond acceptors (Lipinski definition) is 3. The highest BCUT2D eigenvalue weighted by molar-refractivity contribution is 5.80. The zero-order valence-corrected chi connectivity index (χ0v) is 11.0. The van der Waals surface area contributed by atoms with Crippen LogP contribution in [0.1, 0.15) is 33.1 Å². The van der Waals surface area contributed by atoms with Gasteiger partial charge in [0.25, 0.3) is 0 Å². The summed E-state index contributed by atoms with van der Waals surface area (Å²) in [6.45, 7) is 4.00. The van der Waals surface area contributed by atoms with Crippen molar-refractivity contribution in [2.75, 3.05) is 19.7 Å². The van der Waals surface area contributed by atoms with E-state index in [0.29, 0.717) is 13.0 Å². The molecule has 0 bridgehead atoms. The lowest BCUT2D eigenvalue weighted by molar-refractivity contribution is -0.138. The molecule has 1 fully saturated rings. The minimum Gasteiger partial charge on any atom is -0.480 e. The van der Waals surface area contributed by atoms with Gasteiger partial charge in [-0.05, 0) is 26.2 Å². The zero-order valence-electron chi connectivity index (χ0n) is 11.0. The summed E-state index contributed by atoms with van der Waals surface area (Å²) in [5.41, 5.74) is 0. The van der Waals surface area contributed by atoms with Crippen molar-refractivity contribution >= 4 is 12.0 Å². The largest absolute Gasteiger partial charge is 0.480 e. The number of urea groups is 1. The van der Waals surface area contributed by atoms with Crippen molar-refractivity contribution in [2.24, 2.45) is 0 Å². The highest BCUT2D eigenvalue weighted by atomic mass is 16.4. The first kappa shape index (κ1) is 14.8. The van der Waals surface area contributed by atoms with Gasteiger partial charge in [-0.3, -0.25) is 4.79 Å². The van der Waals surface area contributed by atoms with Crippen molar-refractivity contribution < 1.29 is 19.8 Å². The molecule has 1 heterocycles. The maximum absolute atomic E-state index is 12.3. The van der Waals surface area contributed by atoms with Gasteiger partial charge >= 0.3 is 12.0 Å². The van der Waals surface area contributed by atoms with Crippen LogP contribution in [-0.2, 0) is 4.79 Å². The third-order valence-electron chi connectivity index (χ3n) is 3.51. The molecule has 2 unspecified atom stereocenters. The van der Waals surface area contributed by atoms with Crippen LogP contribution in [-0.4, -0.2) is 63.8 Å². The van der Waals surface area contributed by atoms with Crippen molar-refractivity contribution in [3.05, 3.63) is 0 Å². The second kappa shape index (κ2) is 6.58. The predicted molar refractivity (Wildman–Crippen MR) is 66.3 cm³/mol. The van der Waals surface area contributed by atoms with E-state index >= 15 is 0 Å². The van der Waals surface area contributed by atoms with Crippen molar-refractivity contribution in [3.63, 3.8) is 0 Å². The van der Waals surface area contributed by atoms with Crippen molar-refractivity contribution in [1.29, 1.82) is 0 Å². The van der Waals surface area contributed by atoms with E-state index in [1.165, 1.54) is 4.90 Å². The number of amides is 2. The molecule has 0 spiro atoms. The highest BCUT2D eigenvalue weighted by Crippen LogP contribution is 2.20. The number of likely N-dealkylation sites (tertiary alicyclic amines) is 1. The molecule has 2 atom stereocenters. The fourth-order valence-corrected chi connectivity index (χ4v) is 2.22. The number of rotatable bonds is 5. The summed E-state index contributed by atoms with van der Waals surface area (Å²) in [7, 11) is 0. The maximum Gasteiger partial charge on any atom is 0.323 e. The van der Waals surface area contributed by atoms with Crippen LogP contribution in [0.4, 0.5) is 4.79 Å². The molecule has 1 aliphatic heterocycles. The van der Waals surface area contributed by atoms with Crippen LogP contribution >= 0.6 is 0 Å². The summed E-state index contributed by atoms with van der Waals surface area (Å²) in [5, 5.41) is 18.1. The first-order valence-corrected chi connectivity index (χ1v) is 6.41. The van der Waals surface area contributed by atoms with Gasteiger partial charge in [0.1, 0.15) is 6.54 Å². The molecule has 104 valence electrons. The van der Waals surface area contributed by atoms with Gasteiger partial charge in [0.2, 0.25) is 0 Å². The lowest BCUT2D eigenvalue weighted by atomic mass is 10.2. The molecule has 6 heteroatoms. The fourth-order valence-electron chi connectivity index (χ4n) is 2.22. The van der Waals surface area contributed by atoms with E-state index in [4.69, 9.17) is 5.11 Å². The Morgan fingerprint density at radius 1 is 1.50 bits per heavy atom. The van der Waals surface area contributed by atoms with Gasteiger partial charge in [-0.2, -0.15) is 0 Å². The van der Waals surface area contributed by atoms with E-state index in [1.54, 1.807) is 4.90 Å². The number of aliphatic carboxylic acids is 1. The quantitative estimate of drug-likeness (QED) is 0.762. The maximum atomic E-state index is 12.3. The van der Waals surface area contributed by atoms with Crippen LogP contribution < -0.4 is 0 Å². The first-order chi connectivity index (χ1) is 8.51. The van der Waals surface area contributed by atoms with E-state index in [1.807, 2.05) is 13.8 Å². The monoisotopic (exact) mass is 258 g/mol. The third kappa shape index (κ3) is 3.35. The average molecular weight is 258 g/mol.